The highest BCUT2D eigenvalue weighted by Gasteiger charge is 2.12. The van der Waals surface area contributed by atoms with Crippen molar-refractivity contribution in [3.63, 3.8) is 0 Å². The summed E-state index contributed by atoms with van der Waals surface area (Å²) in [5.41, 5.74) is 3.27. The third-order valence-electron chi connectivity index (χ3n) is 3.94. The molecule has 0 atom stereocenters. The van der Waals surface area contributed by atoms with E-state index < -0.39 is 0 Å². The van der Waals surface area contributed by atoms with Gasteiger partial charge in [0.15, 0.2) is 11.5 Å². The van der Waals surface area contributed by atoms with Crippen LogP contribution in [-0.2, 0) is 13.0 Å². The fourth-order valence-electron chi connectivity index (χ4n) is 2.46. The van der Waals surface area contributed by atoms with E-state index in [9.17, 15) is 0 Å². The lowest BCUT2D eigenvalue weighted by atomic mass is 10.1. The second kappa shape index (κ2) is 7.70. The number of hydrogen-bond donors (Lipinski definition) is 1. The lowest BCUT2D eigenvalue weighted by Gasteiger charge is -2.07. The number of methoxy groups -OCH3 is 2. The molecule has 6 heteroatoms. The number of anilines is 1. The van der Waals surface area contributed by atoms with Gasteiger partial charge in [-0.1, -0.05) is 36.3 Å². The van der Waals surface area contributed by atoms with Gasteiger partial charge in [-0.15, -0.1) is 0 Å². The summed E-state index contributed by atoms with van der Waals surface area (Å²) in [7, 11) is 3.19. The lowest BCUT2D eigenvalue weighted by Crippen LogP contribution is -1.99. The zero-order valence-corrected chi connectivity index (χ0v) is 14.6. The Morgan fingerprint density at radius 1 is 0.960 bits per heavy atom. The van der Waals surface area contributed by atoms with E-state index >= 15 is 0 Å². The molecule has 2 aromatic carbocycles. The molecule has 0 aliphatic rings. The first-order valence-electron chi connectivity index (χ1n) is 8.11. The van der Waals surface area contributed by atoms with E-state index in [2.05, 4.69) is 46.6 Å². The largest absolute Gasteiger partial charge is 0.493 e. The number of rotatable bonds is 7. The van der Waals surface area contributed by atoms with Gasteiger partial charge in [0.05, 0.1) is 14.2 Å². The van der Waals surface area contributed by atoms with E-state index in [0.29, 0.717) is 29.9 Å². The van der Waals surface area contributed by atoms with Gasteiger partial charge in [-0.2, -0.15) is 4.98 Å². The van der Waals surface area contributed by atoms with E-state index in [1.807, 2.05) is 18.2 Å². The number of nitrogens with one attached hydrogen (secondary N) is 1. The predicted molar refractivity (Wildman–Crippen MR) is 96.0 cm³/mol. The van der Waals surface area contributed by atoms with E-state index in [4.69, 9.17) is 14.0 Å². The van der Waals surface area contributed by atoms with E-state index in [0.717, 1.165) is 17.5 Å². The molecule has 3 aromatic rings. The first-order chi connectivity index (χ1) is 12.2. The van der Waals surface area contributed by atoms with Crippen molar-refractivity contribution in [3.8, 4) is 22.9 Å². The predicted octanol–water partition coefficient (Wildman–Crippen LogP) is 3.93. The third-order valence-corrected chi connectivity index (χ3v) is 3.94. The van der Waals surface area contributed by atoms with Gasteiger partial charge < -0.3 is 19.3 Å². The number of aromatic nitrogens is 2. The van der Waals surface area contributed by atoms with Crippen molar-refractivity contribution < 1.29 is 14.0 Å². The highest BCUT2D eigenvalue weighted by atomic mass is 16.5. The maximum Gasteiger partial charge on any atom is 0.322 e. The zero-order valence-electron chi connectivity index (χ0n) is 14.6. The fraction of sp³-hybridized carbons (Fsp3) is 0.263. The van der Waals surface area contributed by atoms with Gasteiger partial charge >= 0.3 is 6.01 Å². The summed E-state index contributed by atoms with van der Waals surface area (Å²) in [6.07, 6.45) is 1.03. The van der Waals surface area contributed by atoms with Crippen LogP contribution in [0.4, 0.5) is 6.01 Å². The van der Waals surface area contributed by atoms with Crippen molar-refractivity contribution in [2.75, 3.05) is 19.5 Å². The number of benzene rings is 2. The molecular weight excluding hydrogens is 318 g/mol. The summed E-state index contributed by atoms with van der Waals surface area (Å²) in [5, 5.41) is 7.16. The number of ether oxygens (including phenoxy) is 2. The van der Waals surface area contributed by atoms with Crippen LogP contribution < -0.4 is 14.8 Å². The summed E-state index contributed by atoms with van der Waals surface area (Å²) < 4.78 is 15.8. The van der Waals surface area contributed by atoms with Crippen molar-refractivity contribution >= 4 is 6.01 Å². The summed E-state index contributed by atoms with van der Waals surface area (Å²) >= 11 is 0. The van der Waals surface area contributed by atoms with Gasteiger partial charge in [-0.05, 0) is 35.7 Å². The molecule has 0 amide bonds. The minimum atomic E-state index is 0.379. The maximum atomic E-state index is 5.30. The average Bonchev–Trinajstić information content (AvgIpc) is 3.15. The molecule has 1 aromatic heterocycles. The summed E-state index contributed by atoms with van der Waals surface area (Å²) in [5.74, 6) is 1.77. The molecule has 0 aliphatic heterocycles. The normalized spacial score (nSPS) is 10.5. The standard InChI is InChI=1S/C19H21N3O3/c1-4-13-5-7-14(8-6-13)12-20-19-21-18(22-25-19)15-9-10-16(23-2)17(11-15)24-3/h5-11H,4,12H2,1-3H3,(H,20,21,22). The fourth-order valence-corrected chi connectivity index (χ4v) is 2.46. The number of nitrogens with zero attached hydrogens (tertiary/aromatic N) is 2. The molecule has 0 bridgehead atoms. The molecule has 130 valence electrons. The Kier molecular flexibility index (Phi) is 5.18. The molecule has 6 nitrogen and oxygen atoms in total. The van der Waals surface area contributed by atoms with Crippen molar-refractivity contribution in [3.05, 3.63) is 53.6 Å². The van der Waals surface area contributed by atoms with Crippen LogP contribution in [0.5, 0.6) is 11.5 Å². The van der Waals surface area contributed by atoms with Gasteiger partial charge in [0.2, 0.25) is 5.82 Å². The molecule has 3 rings (SSSR count). The van der Waals surface area contributed by atoms with Gasteiger partial charge in [0.1, 0.15) is 0 Å². The van der Waals surface area contributed by atoms with Crippen LogP contribution in [-0.4, -0.2) is 24.4 Å². The van der Waals surface area contributed by atoms with E-state index in [1.54, 1.807) is 14.2 Å². The molecule has 0 saturated heterocycles. The molecule has 0 spiro atoms. The molecule has 0 radical (unpaired) electrons. The molecular formula is C19H21N3O3. The maximum absolute atomic E-state index is 5.30. The van der Waals surface area contributed by atoms with E-state index in [-0.39, 0.29) is 0 Å². The number of aryl methyl sites for hydroxylation is 1. The topological polar surface area (TPSA) is 69.4 Å². The van der Waals surface area contributed by atoms with Crippen LogP contribution in [0.2, 0.25) is 0 Å². The van der Waals surface area contributed by atoms with Gasteiger partial charge in [-0.3, -0.25) is 0 Å². The SMILES string of the molecule is CCc1ccc(CNc2nc(-c3ccc(OC)c(OC)c3)no2)cc1. The highest BCUT2D eigenvalue weighted by molar-refractivity contribution is 5.61. The average molecular weight is 339 g/mol. The Morgan fingerprint density at radius 3 is 2.36 bits per heavy atom. The van der Waals surface area contributed by atoms with Crippen LogP contribution in [0.15, 0.2) is 47.0 Å². The van der Waals surface area contributed by atoms with Crippen molar-refractivity contribution in [1.82, 2.24) is 10.1 Å². The Labute approximate surface area is 146 Å². The Balaban J connectivity index is 1.69. The molecule has 0 fully saturated rings. The Bertz CT molecular complexity index is 828. The molecule has 0 unspecified atom stereocenters. The quantitative estimate of drug-likeness (QED) is 0.703. The van der Waals surface area contributed by atoms with Crippen LogP contribution >= 0.6 is 0 Å². The molecule has 0 aliphatic carbocycles. The Morgan fingerprint density at radius 2 is 1.68 bits per heavy atom. The number of hydrogen-bond acceptors (Lipinski definition) is 6. The van der Waals surface area contributed by atoms with Gasteiger partial charge in [0.25, 0.3) is 0 Å². The monoisotopic (exact) mass is 339 g/mol. The van der Waals surface area contributed by atoms with Gasteiger partial charge in [-0.25, -0.2) is 0 Å². The molecule has 1 N–H and O–H groups in total. The summed E-state index contributed by atoms with van der Waals surface area (Å²) in [4.78, 5) is 4.37. The van der Waals surface area contributed by atoms with E-state index in [1.165, 1.54) is 5.56 Å². The second-order valence-corrected chi connectivity index (χ2v) is 5.52. The highest BCUT2D eigenvalue weighted by Crippen LogP contribution is 2.31. The molecule has 0 saturated carbocycles. The zero-order chi connectivity index (χ0) is 17.6. The first-order valence-corrected chi connectivity index (χ1v) is 8.11. The summed E-state index contributed by atoms with van der Waals surface area (Å²) in [6.45, 7) is 2.76. The molecule has 1 heterocycles. The van der Waals surface area contributed by atoms with Crippen molar-refractivity contribution in [1.29, 1.82) is 0 Å². The van der Waals surface area contributed by atoms with Crippen LogP contribution in [0, 0.1) is 0 Å². The smallest absolute Gasteiger partial charge is 0.322 e. The van der Waals surface area contributed by atoms with Crippen LogP contribution in [0.3, 0.4) is 0 Å². The summed E-state index contributed by atoms with van der Waals surface area (Å²) in [6, 6.07) is 14.3. The third kappa shape index (κ3) is 3.91. The lowest BCUT2D eigenvalue weighted by molar-refractivity contribution is 0.355. The van der Waals surface area contributed by atoms with Gasteiger partial charge in [0, 0.05) is 12.1 Å². The Hall–Kier alpha value is -3.02. The van der Waals surface area contributed by atoms with Crippen molar-refractivity contribution in [2.45, 2.75) is 19.9 Å². The first kappa shape index (κ1) is 16.8. The van der Waals surface area contributed by atoms with Crippen molar-refractivity contribution in [2.24, 2.45) is 0 Å². The second-order valence-electron chi connectivity index (χ2n) is 5.52. The molecule has 25 heavy (non-hydrogen) atoms. The van der Waals surface area contributed by atoms with Crippen LogP contribution in [0.25, 0.3) is 11.4 Å². The van der Waals surface area contributed by atoms with Crippen LogP contribution in [0.1, 0.15) is 18.1 Å². The minimum Gasteiger partial charge on any atom is -0.493 e. The minimum absolute atomic E-state index is 0.379.